The Balaban J connectivity index is 1.03. The van der Waals surface area contributed by atoms with E-state index in [0.717, 1.165) is 57.9 Å². The highest BCUT2D eigenvalue weighted by Crippen LogP contribution is 2.32. The van der Waals surface area contributed by atoms with Crippen LogP contribution in [0.15, 0.2) is 53.5 Å². The molecule has 3 aliphatic heterocycles. The lowest BCUT2D eigenvalue weighted by molar-refractivity contribution is -0.134. The zero-order valence-corrected chi connectivity index (χ0v) is 26.4. The van der Waals surface area contributed by atoms with Crippen molar-refractivity contribution < 1.29 is 14.0 Å². The summed E-state index contributed by atoms with van der Waals surface area (Å²) < 4.78 is 15.9. The van der Waals surface area contributed by atoms with Gasteiger partial charge in [0, 0.05) is 76.6 Å². The minimum absolute atomic E-state index is 0.136. The lowest BCUT2D eigenvalue weighted by Gasteiger charge is -2.37. The summed E-state index contributed by atoms with van der Waals surface area (Å²) in [4.78, 5) is 43.1. The Morgan fingerprint density at radius 3 is 2.51 bits per heavy atom. The van der Waals surface area contributed by atoms with Crippen LogP contribution in [0, 0.1) is 5.82 Å². The molecule has 3 aromatic rings. The highest BCUT2D eigenvalue weighted by molar-refractivity contribution is 6.32. The van der Waals surface area contributed by atoms with Gasteiger partial charge in [0.1, 0.15) is 10.8 Å². The fraction of sp³-hybridized carbons (Fsp3) is 0.455. The first-order valence-electron chi connectivity index (χ1n) is 15.5. The molecule has 4 heterocycles. The molecule has 1 aromatic heterocycles. The molecule has 238 valence electrons. The Morgan fingerprint density at radius 2 is 1.78 bits per heavy atom. The molecule has 0 spiro atoms. The van der Waals surface area contributed by atoms with Crippen LogP contribution in [0.4, 0.5) is 15.8 Å². The van der Waals surface area contributed by atoms with Gasteiger partial charge in [-0.25, -0.2) is 9.07 Å². The van der Waals surface area contributed by atoms with E-state index in [9.17, 15) is 18.8 Å². The van der Waals surface area contributed by atoms with Gasteiger partial charge in [-0.3, -0.25) is 24.6 Å². The summed E-state index contributed by atoms with van der Waals surface area (Å²) >= 11 is 6.30. The molecular formula is C33H39ClFN7O3. The van der Waals surface area contributed by atoms with E-state index in [1.165, 1.54) is 21.9 Å². The van der Waals surface area contributed by atoms with Crippen LogP contribution in [0.25, 0.3) is 0 Å². The van der Waals surface area contributed by atoms with E-state index >= 15 is 0 Å². The van der Waals surface area contributed by atoms with Crippen molar-refractivity contribution in [2.24, 2.45) is 7.05 Å². The predicted octanol–water partition coefficient (Wildman–Crippen LogP) is 3.32. The fourth-order valence-corrected chi connectivity index (χ4v) is 7.03. The number of carbonyl (C=O) groups is 2. The molecule has 45 heavy (non-hydrogen) atoms. The van der Waals surface area contributed by atoms with Gasteiger partial charge in [-0.15, -0.1) is 0 Å². The smallest absolute Gasteiger partial charge is 0.287 e. The van der Waals surface area contributed by atoms with Crippen molar-refractivity contribution in [1.29, 1.82) is 0 Å². The normalized spacial score (nSPS) is 23.2. The molecule has 3 atom stereocenters. The number of halogens is 2. The molecule has 0 bridgehead atoms. The zero-order valence-electron chi connectivity index (χ0n) is 25.6. The van der Waals surface area contributed by atoms with E-state index in [4.69, 9.17) is 11.6 Å². The number of anilines is 2. The number of carbonyl (C=O) groups excluding carboxylic acids is 2. The standard InChI is InChI=1S/C33H39ClFN7O3/c1-39-19-23(15-24(20-39)37-29-17-36-40(2)33(45)31(29)34)22-5-3-21(4-6-22)18-41-11-13-42(14-12-41)25-7-9-28(35)27(16-25)26-8-10-30(43)38-32(26)44/h3-7,9,16-17,23-24,26,37H,8,10-15,18-20H2,1-2H3,(H,38,43,44). The van der Waals surface area contributed by atoms with Gasteiger partial charge in [0.05, 0.1) is 17.8 Å². The Kier molecular flexibility index (Phi) is 9.21. The summed E-state index contributed by atoms with van der Waals surface area (Å²) in [7, 11) is 3.70. The van der Waals surface area contributed by atoms with E-state index in [1.54, 1.807) is 25.4 Å². The van der Waals surface area contributed by atoms with E-state index in [-0.39, 0.29) is 29.0 Å². The number of aryl methyl sites for hydroxylation is 1. The number of piperazine rings is 1. The highest BCUT2D eigenvalue weighted by Gasteiger charge is 2.31. The predicted molar refractivity (Wildman–Crippen MR) is 172 cm³/mol. The number of rotatable bonds is 7. The minimum Gasteiger partial charge on any atom is -0.378 e. The number of hydrogen-bond donors (Lipinski definition) is 2. The second-order valence-electron chi connectivity index (χ2n) is 12.5. The Hall–Kier alpha value is -3.80. The quantitative estimate of drug-likeness (QED) is 0.382. The van der Waals surface area contributed by atoms with Gasteiger partial charge >= 0.3 is 0 Å². The first-order valence-corrected chi connectivity index (χ1v) is 15.9. The number of amides is 2. The van der Waals surface area contributed by atoms with Crippen LogP contribution in [0.1, 0.15) is 47.8 Å². The average Bonchev–Trinajstić information content (AvgIpc) is 3.02. The second-order valence-corrected chi connectivity index (χ2v) is 12.9. The van der Waals surface area contributed by atoms with E-state index < -0.39 is 17.6 Å². The molecule has 0 aliphatic carbocycles. The molecule has 3 aliphatic rings. The number of nitrogens with zero attached hydrogens (tertiary/aromatic N) is 5. The summed E-state index contributed by atoms with van der Waals surface area (Å²) in [6, 6.07) is 14.0. The van der Waals surface area contributed by atoms with Crippen LogP contribution < -0.4 is 21.1 Å². The molecule has 0 saturated carbocycles. The molecule has 3 fully saturated rings. The van der Waals surface area contributed by atoms with Crippen molar-refractivity contribution in [3.8, 4) is 0 Å². The molecule has 10 nitrogen and oxygen atoms in total. The Bertz CT molecular complexity index is 1620. The lowest BCUT2D eigenvalue weighted by Crippen LogP contribution is -2.46. The summed E-state index contributed by atoms with van der Waals surface area (Å²) in [5, 5.41) is 10.1. The number of piperidine rings is 2. The maximum absolute atomic E-state index is 14.7. The van der Waals surface area contributed by atoms with Crippen LogP contribution in [-0.4, -0.2) is 83.8 Å². The third kappa shape index (κ3) is 7.05. The van der Waals surface area contributed by atoms with Crippen LogP contribution in [0.5, 0.6) is 0 Å². The second kappa shape index (κ2) is 13.3. The first kappa shape index (κ1) is 31.2. The van der Waals surface area contributed by atoms with Gasteiger partial charge in [0.15, 0.2) is 0 Å². The van der Waals surface area contributed by atoms with Crippen LogP contribution >= 0.6 is 11.6 Å². The zero-order chi connectivity index (χ0) is 31.7. The fourth-order valence-electron chi connectivity index (χ4n) is 6.80. The highest BCUT2D eigenvalue weighted by atomic mass is 35.5. The van der Waals surface area contributed by atoms with Crippen molar-refractivity contribution in [2.45, 2.75) is 43.7 Å². The van der Waals surface area contributed by atoms with E-state index in [0.29, 0.717) is 23.6 Å². The average molecular weight is 636 g/mol. The number of aromatic nitrogens is 2. The SMILES string of the molecule is CN1CC(Nc2cnn(C)c(=O)c2Cl)CC(c2ccc(CN3CCN(c4ccc(F)c(C5CCC(=O)NC5=O)c4)CC3)cc2)C1. The number of hydrogen-bond acceptors (Lipinski definition) is 8. The summed E-state index contributed by atoms with van der Waals surface area (Å²) in [6.45, 7) is 5.99. The third-order valence-electron chi connectivity index (χ3n) is 9.26. The molecule has 12 heteroatoms. The number of likely N-dealkylation sites (N-methyl/N-ethyl adjacent to an activating group) is 1. The largest absolute Gasteiger partial charge is 0.378 e. The summed E-state index contributed by atoms with van der Waals surface area (Å²) in [5.74, 6) is -1.43. The van der Waals surface area contributed by atoms with Gasteiger partial charge in [-0.1, -0.05) is 35.9 Å². The maximum Gasteiger partial charge on any atom is 0.287 e. The van der Waals surface area contributed by atoms with Crippen molar-refractivity contribution in [3.63, 3.8) is 0 Å². The Morgan fingerprint density at radius 1 is 1.02 bits per heavy atom. The number of imide groups is 1. The molecule has 0 radical (unpaired) electrons. The molecule has 3 saturated heterocycles. The minimum atomic E-state index is -0.640. The summed E-state index contributed by atoms with van der Waals surface area (Å²) in [6.07, 6.45) is 3.08. The molecule has 6 rings (SSSR count). The van der Waals surface area contributed by atoms with E-state index in [2.05, 4.69) is 61.7 Å². The molecular weight excluding hydrogens is 597 g/mol. The van der Waals surface area contributed by atoms with Crippen molar-refractivity contribution in [1.82, 2.24) is 24.9 Å². The number of nitrogens with one attached hydrogen (secondary N) is 2. The third-order valence-corrected chi connectivity index (χ3v) is 9.63. The molecule has 3 unspecified atom stereocenters. The molecule has 2 aromatic carbocycles. The van der Waals surface area contributed by atoms with Crippen LogP contribution in [-0.2, 0) is 23.2 Å². The lowest BCUT2D eigenvalue weighted by atomic mass is 9.87. The van der Waals surface area contributed by atoms with Crippen LogP contribution in [0.3, 0.4) is 0 Å². The first-order chi connectivity index (χ1) is 21.6. The van der Waals surface area contributed by atoms with Gasteiger partial charge in [-0.2, -0.15) is 5.10 Å². The van der Waals surface area contributed by atoms with Gasteiger partial charge < -0.3 is 15.1 Å². The van der Waals surface area contributed by atoms with Crippen molar-refractivity contribution in [3.05, 3.63) is 86.5 Å². The van der Waals surface area contributed by atoms with E-state index in [1.807, 2.05) is 0 Å². The number of likely N-dealkylation sites (tertiary alicyclic amines) is 1. The van der Waals surface area contributed by atoms with Crippen molar-refractivity contribution in [2.75, 3.05) is 56.5 Å². The monoisotopic (exact) mass is 635 g/mol. The van der Waals surface area contributed by atoms with Gasteiger partial charge in [0.2, 0.25) is 11.8 Å². The molecule has 2 N–H and O–H groups in total. The van der Waals surface area contributed by atoms with Gasteiger partial charge in [-0.05, 0) is 55.1 Å². The topological polar surface area (TPSA) is 103 Å². The summed E-state index contributed by atoms with van der Waals surface area (Å²) in [5.41, 5.74) is 4.07. The molecule has 2 amide bonds. The Labute approximate surface area is 267 Å². The maximum atomic E-state index is 14.7. The van der Waals surface area contributed by atoms with Crippen molar-refractivity contribution >= 4 is 34.8 Å². The van der Waals surface area contributed by atoms with Crippen LogP contribution in [0.2, 0.25) is 5.02 Å². The van der Waals surface area contributed by atoms with Gasteiger partial charge in [0.25, 0.3) is 5.56 Å². The number of benzene rings is 2.